The third-order valence-corrected chi connectivity index (χ3v) is 4.33. The van der Waals surface area contributed by atoms with E-state index in [1.54, 1.807) is 42.5 Å². The van der Waals surface area contributed by atoms with Gasteiger partial charge in [-0.25, -0.2) is 0 Å². The van der Waals surface area contributed by atoms with Crippen LogP contribution in [0.4, 0.5) is 5.69 Å². The third-order valence-electron chi connectivity index (χ3n) is 4.10. The summed E-state index contributed by atoms with van der Waals surface area (Å²) in [5.74, 6) is 0.433. The van der Waals surface area contributed by atoms with Crippen molar-refractivity contribution in [1.29, 1.82) is 0 Å². The number of hydrogen-bond acceptors (Lipinski definition) is 3. The number of benzene rings is 3. The number of carbonyl (C=O) groups excluding carboxylic acids is 1. The minimum Gasteiger partial charge on any atom is -0.494 e. The number of rotatable bonds is 6. The van der Waals surface area contributed by atoms with Gasteiger partial charge in [-0.1, -0.05) is 41.9 Å². The average Bonchev–Trinajstić information content (AvgIpc) is 2.70. The highest BCUT2D eigenvalue weighted by molar-refractivity contribution is 6.30. The van der Waals surface area contributed by atoms with Gasteiger partial charge in [0.1, 0.15) is 11.9 Å². The fraction of sp³-hybridized carbons (Fsp3) is 0.136. The van der Waals surface area contributed by atoms with Gasteiger partial charge in [0.25, 0.3) is 5.91 Å². The van der Waals surface area contributed by atoms with Gasteiger partial charge in [0.15, 0.2) is 0 Å². The summed E-state index contributed by atoms with van der Waals surface area (Å²) in [7, 11) is 0. The number of aliphatic hydroxyl groups is 1. The zero-order valence-electron chi connectivity index (χ0n) is 14.9. The van der Waals surface area contributed by atoms with E-state index in [0.717, 1.165) is 5.56 Å². The van der Waals surface area contributed by atoms with Gasteiger partial charge in [-0.15, -0.1) is 0 Å². The second-order valence-electron chi connectivity index (χ2n) is 5.96. The minimum atomic E-state index is -0.902. The summed E-state index contributed by atoms with van der Waals surface area (Å²) in [6, 6.07) is 21.1. The summed E-state index contributed by atoms with van der Waals surface area (Å²) < 4.78 is 5.39. The van der Waals surface area contributed by atoms with Gasteiger partial charge in [-0.3, -0.25) is 4.79 Å². The summed E-state index contributed by atoms with van der Waals surface area (Å²) in [5, 5.41) is 14.1. The highest BCUT2D eigenvalue weighted by Gasteiger charge is 2.17. The molecule has 0 aliphatic carbocycles. The zero-order chi connectivity index (χ0) is 19.2. The number of amides is 1. The summed E-state index contributed by atoms with van der Waals surface area (Å²) in [5.41, 5.74) is 2.26. The quantitative estimate of drug-likeness (QED) is 0.626. The van der Waals surface area contributed by atoms with Gasteiger partial charge in [-0.05, 0) is 55.0 Å². The molecule has 0 saturated carbocycles. The van der Waals surface area contributed by atoms with E-state index in [1.807, 2.05) is 37.3 Å². The smallest absolute Gasteiger partial charge is 0.255 e. The van der Waals surface area contributed by atoms with Crippen molar-refractivity contribution in [3.63, 3.8) is 0 Å². The first kappa shape index (κ1) is 19.0. The number of aliphatic hydroxyl groups excluding tert-OH is 1. The van der Waals surface area contributed by atoms with Crippen LogP contribution in [-0.2, 0) is 0 Å². The van der Waals surface area contributed by atoms with Crippen molar-refractivity contribution >= 4 is 23.2 Å². The molecule has 0 aromatic heterocycles. The van der Waals surface area contributed by atoms with Gasteiger partial charge in [-0.2, -0.15) is 0 Å². The molecular formula is C22H20ClNO3. The SMILES string of the molecule is CCOc1ccc(C(=O)Nc2ccc(Cl)cc2[C@H](O)c2ccccc2)cc1. The molecule has 1 atom stereocenters. The topological polar surface area (TPSA) is 58.6 Å². The third kappa shape index (κ3) is 4.67. The van der Waals surface area contributed by atoms with Crippen molar-refractivity contribution in [3.8, 4) is 5.75 Å². The molecule has 0 unspecified atom stereocenters. The molecule has 0 fully saturated rings. The molecule has 0 aliphatic rings. The molecule has 4 nitrogen and oxygen atoms in total. The van der Waals surface area contributed by atoms with Crippen LogP contribution in [0, 0.1) is 0 Å². The average molecular weight is 382 g/mol. The number of carbonyl (C=O) groups is 1. The molecule has 138 valence electrons. The van der Waals surface area contributed by atoms with Gasteiger partial charge >= 0.3 is 0 Å². The Morgan fingerprint density at radius 2 is 1.78 bits per heavy atom. The fourth-order valence-electron chi connectivity index (χ4n) is 2.75. The van der Waals surface area contributed by atoms with Crippen molar-refractivity contribution in [1.82, 2.24) is 0 Å². The first-order chi connectivity index (χ1) is 13.1. The zero-order valence-corrected chi connectivity index (χ0v) is 15.6. The summed E-state index contributed by atoms with van der Waals surface area (Å²) in [6.45, 7) is 2.47. The van der Waals surface area contributed by atoms with Crippen molar-refractivity contribution in [2.45, 2.75) is 13.0 Å². The first-order valence-electron chi connectivity index (χ1n) is 8.65. The second-order valence-corrected chi connectivity index (χ2v) is 6.39. The lowest BCUT2D eigenvalue weighted by molar-refractivity contribution is 0.102. The van der Waals surface area contributed by atoms with E-state index in [4.69, 9.17) is 16.3 Å². The lowest BCUT2D eigenvalue weighted by atomic mass is 9.99. The lowest BCUT2D eigenvalue weighted by Gasteiger charge is -2.17. The molecule has 0 spiro atoms. The maximum atomic E-state index is 12.6. The molecule has 1 amide bonds. The molecule has 0 aliphatic heterocycles. The summed E-state index contributed by atoms with van der Waals surface area (Å²) in [6.07, 6.45) is -0.902. The van der Waals surface area contributed by atoms with E-state index in [2.05, 4.69) is 5.32 Å². The Labute approximate surface area is 163 Å². The van der Waals surface area contributed by atoms with Crippen LogP contribution in [0.25, 0.3) is 0 Å². The predicted octanol–water partition coefficient (Wildman–Crippen LogP) is 5.07. The molecule has 2 N–H and O–H groups in total. The number of ether oxygens (including phenoxy) is 1. The van der Waals surface area contributed by atoms with Crippen LogP contribution < -0.4 is 10.1 Å². The molecular weight excluding hydrogens is 362 g/mol. The van der Waals surface area contributed by atoms with E-state index >= 15 is 0 Å². The molecule has 0 heterocycles. The van der Waals surface area contributed by atoms with Crippen molar-refractivity contribution in [2.75, 3.05) is 11.9 Å². The largest absolute Gasteiger partial charge is 0.494 e. The van der Waals surface area contributed by atoms with E-state index in [9.17, 15) is 9.90 Å². The highest BCUT2D eigenvalue weighted by Crippen LogP contribution is 2.31. The van der Waals surface area contributed by atoms with Crippen LogP contribution >= 0.6 is 11.6 Å². The molecule has 3 aromatic rings. The van der Waals surface area contributed by atoms with Crippen LogP contribution in [-0.4, -0.2) is 17.6 Å². The van der Waals surface area contributed by atoms with E-state index in [0.29, 0.717) is 34.2 Å². The molecule has 5 heteroatoms. The Morgan fingerprint density at radius 1 is 1.07 bits per heavy atom. The van der Waals surface area contributed by atoms with Crippen molar-refractivity contribution in [2.24, 2.45) is 0 Å². The van der Waals surface area contributed by atoms with Crippen LogP contribution in [0.1, 0.15) is 34.5 Å². The Kier molecular flexibility index (Phi) is 6.12. The molecule has 0 saturated heterocycles. The minimum absolute atomic E-state index is 0.276. The predicted molar refractivity (Wildman–Crippen MR) is 108 cm³/mol. The van der Waals surface area contributed by atoms with Gasteiger partial charge < -0.3 is 15.2 Å². The van der Waals surface area contributed by atoms with Crippen molar-refractivity contribution in [3.05, 3.63) is 94.5 Å². The Balaban J connectivity index is 1.85. The molecule has 3 rings (SSSR count). The first-order valence-corrected chi connectivity index (χ1v) is 9.03. The van der Waals surface area contributed by atoms with E-state index < -0.39 is 6.10 Å². The number of hydrogen-bond donors (Lipinski definition) is 2. The maximum Gasteiger partial charge on any atom is 0.255 e. The molecule has 27 heavy (non-hydrogen) atoms. The van der Waals surface area contributed by atoms with Gasteiger partial charge in [0, 0.05) is 21.8 Å². The highest BCUT2D eigenvalue weighted by atomic mass is 35.5. The standard InChI is InChI=1S/C22H20ClNO3/c1-2-27-18-11-8-16(9-12-18)22(26)24-20-13-10-17(23)14-19(20)21(25)15-6-4-3-5-7-15/h3-14,21,25H,2H2,1H3,(H,24,26)/t21-/m1/s1. The normalized spacial score (nSPS) is 11.7. The van der Waals surface area contributed by atoms with Crippen LogP contribution in [0.5, 0.6) is 5.75 Å². The van der Waals surface area contributed by atoms with Crippen LogP contribution in [0.3, 0.4) is 0 Å². The van der Waals surface area contributed by atoms with Crippen molar-refractivity contribution < 1.29 is 14.6 Å². The molecule has 0 radical (unpaired) electrons. The van der Waals surface area contributed by atoms with Gasteiger partial charge in [0.2, 0.25) is 0 Å². The maximum absolute atomic E-state index is 12.6. The fourth-order valence-corrected chi connectivity index (χ4v) is 2.93. The Morgan fingerprint density at radius 3 is 2.44 bits per heavy atom. The van der Waals surface area contributed by atoms with Crippen LogP contribution in [0.15, 0.2) is 72.8 Å². The second kappa shape index (κ2) is 8.71. The van der Waals surface area contributed by atoms with Crippen LogP contribution in [0.2, 0.25) is 5.02 Å². The summed E-state index contributed by atoms with van der Waals surface area (Å²) in [4.78, 5) is 12.6. The molecule has 3 aromatic carbocycles. The molecule has 0 bridgehead atoms. The Hall–Kier alpha value is -2.82. The number of anilines is 1. The van der Waals surface area contributed by atoms with E-state index in [-0.39, 0.29) is 5.91 Å². The Bertz CT molecular complexity index is 911. The number of nitrogens with one attached hydrogen (secondary N) is 1. The monoisotopic (exact) mass is 381 g/mol. The summed E-state index contributed by atoms with van der Waals surface area (Å²) >= 11 is 6.11. The van der Waals surface area contributed by atoms with Gasteiger partial charge in [0.05, 0.1) is 6.61 Å². The number of halogens is 1. The lowest BCUT2D eigenvalue weighted by Crippen LogP contribution is -2.14. The van der Waals surface area contributed by atoms with E-state index in [1.165, 1.54) is 0 Å².